The molecule has 0 amide bonds. The van der Waals surface area contributed by atoms with Crippen LogP contribution in [0.15, 0.2) is 11.4 Å². The van der Waals surface area contributed by atoms with Crippen LogP contribution in [0.1, 0.15) is 27.6 Å². The maximum atomic E-state index is 11.3. The zero-order chi connectivity index (χ0) is 9.42. The number of thiophene rings is 1. The molecule has 4 heteroatoms. The van der Waals surface area contributed by atoms with E-state index in [1.165, 1.54) is 18.4 Å². The van der Waals surface area contributed by atoms with Crippen molar-refractivity contribution in [3.63, 3.8) is 0 Å². The van der Waals surface area contributed by atoms with Gasteiger partial charge < -0.3 is 10.5 Å². The van der Waals surface area contributed by atoms with Gasteiger partial charge in [0.05, 0.1) is 7.11 Å². The Labute approximate surface area is 80.5 Å². The Morgan fingerprint density at radius 1 is 1.77 bits per heavy atom. The van der Waals surface area contributed by atoms with Crippen LogP contribution < -0.4 is 5.73 Å². The fourth-order valence-corrected chi connectivity index (χ4v) is 2.33. The molecule has 0 aliphatic heterocycles. The number of esters is 1. The molecule has 2 rings (SSSR count). The molecular weight excluding hydrogens is 186 g/mol. The van der Waals surface area contributed by atoms with Crippen LogP contribution in [0.2, 0.25) is 0 Å². The van der Waals surface area contributed by atoms with Crippen LogP contribution in [0.4, 0.5) is 0 Å². The normalized spacial score (nSPS) is 25.7. The van der Waals surface area contributed by atoms with Gasteiger partial charge >= 0.3 is 5.97 Å². The molecule has 3 nitrogen and oxygen atoms in total. The quantitative estimate of drug-likeness (QED) is 0.728. The average Bonchev–Trinajstić information content (AvgIpc) is 2.69. The van der Waals surface area contributed by atoms with E-state index in [-0.39, 0.29) is 12.0 Å². The third-order valence-corrected chi connectivity index (χ3v) is 3.22. The molecule has 13 heavy (non-hydrogen) atoms. The van der Waals surface area contributed by atoms with Crippen molar-refractivity contribution >= 4 is 17.3 Å². The summed E-state index contributed by atoms with van der Waals surface area (Å²) in [4.78, 5) is 12.0. The van der Waals surface area contributed by atoms with E-state index in [4.69, 9.17) is 5.73 Å². The van der Waals surface area contributed by atoms with Crippen molar-refractivity contribution in [2.45, 2.75) is 18.4 Å². The second-order valence-corrected chi connectivity index (χ2v) is 4.12. The first-order valence-corrected chi connectivity index (χ1v) is 5.03. The predicted molar refractivity (Wildman–Crippen MR) is 51.0 cm³/mol. The zero-order valence-corrected chi connectivity index (χ0v) is 8.14. The highest BCUT2D eigenvalue weighted by atomic mass is 32.1. The largest absolute Gasteiger partial charge is 0.465 e. The van der Waals surface area contributed by atoms with E-state index in [0.717, 1.165) is 12.0 Å². The number of carbonyl (C=O) groups excluding carboxylic acids is 1. The van der Waals surface area contributed by atoms with Crippen molar-refractivity contribution in [2.24, 2.45) is 5.73 Å². The van der Waals surface area contributed by atoms with Crippen LogP contribution in [0.3, 0.4) is 0 Å². The topological polar surface area (TPSA) is 52.3 Å². The van der Waals surface area contributed by atoms with E-state index in [2.05, 4.69) is 4.74 Å². The first-order valence-electron chi connectivity index (χ1n) is 4.15. The summed E-state index contributed by atoms with van der Waals surface area (Å²) in [6.45, 7) is 0. The fourth-order valence-electron chi connectivity index (χ4n) is 1.44. The molecule has 0 aromatic carbocycles. The first kappa shape index (κ1) is 8.72. The lowest BCUT2D eigenvalue weighted by molar-refractivity contribution is 0.0605. The summed E-state index contributed by atoms with van der Waals surface area (Å²) < 4.78 is 4.68. The van der Waals surface area contributed by atoms with Gasteiger partial charge in [0.25, 0.3) is 0 Å². The van der Waals surface area contributed by atoms with Crippen LogP contribution in [-0.4, -0.2) is 19.1 Å². The second-order valence-electron chi connectivity index (χ2n) is 3.20. The Bertz CT molecular complexity index is 334. The highest BCUT2D eigenvalue weighted by Crippen LogP contribution is 2.42. The monoisotopic (exact) mass is 197 g/mol. The summed E-state index contributed by atoms with van der Waals surface area (Å²) >= 11 is 1.42. The number of nitrogens with two attached hydrogens (primary N) is 1. The number of methoxy groups -OCH3 is 1. The molecule has 2 unspecified atom stereocenters. The van der Waals surface area contributed by atoms with Crippen molar-refractivity contribution in [1.82, 2.24) is 0 Å². The van der Waals surface area contributed by atoms with Crippen LogP contribution in [0.25, 0.3) is 0 Å². The molecule has 0 spiro atoms. The number of hydrogen-bond acceptors (Lipinski definition) is 4. The van der Waals surface area contributed by atoms with Crippen molar-refractivity contribution < 1.29 is 9.53 Å². The van der Waals surface area contributed by atoms with E-state index in [1.807, 2.05) is 11.4 Å². The van der Waals surface area contributed by atoms with Crippen molar-refractivity contribution in [3.8, 4) is 0 Å². The maximum Gasteiger partial charge on any atom is 0.348 e. The van der Waals surface area contributed by atoms with E-state index in [1.54, 1.807) is 0 Å². The molecule has 1 saturated carbocycles. The molecule has 0 saturated heterocycles. The highest BCUT2D eigenvalue weighted by molar-refractivity contribution is 7.12. The summed E-state index contributed by atoms with van der Waals surface area (Å²) in [6, 6.07) is 2.20. The van der Waals surface area contributed by atoms with Gasteiger partial charge in [-0.3, -0.25) is 0 Å². The van der Waals surface area contributed by atoms with Gasteiger partial charge in [-0.2, -0.15) is 0 Å². The van der Waals surface area contributed by atoms with Gasteiger partial charge in [0.2, 0.25) is 0 Å². The van der Waals surface area contributed by atoms with E-state index >= 15 is 0 Å². The number of ether oxygens (including phenoxy) is 1. The van der Waals surface area contributed by atoms with Gasteiger partial charge in [-0.15, -0.1) is 11.3 Å². The SMILES string of the molecule is COC(=O)c1sccc1C1CC1N. The lowest BCUT2D eigenvalue weighted by atomic mass is 10.1. The lowest BCUT2D eigenvalue weighted by Gasteiger charge is -1.99. The molecule has 1 aliphatic carbocycles. The third-order valence-electron chi connectivity index (χ3n) is 2.31. The summed E-state index contributed by atoms with van der Waals surface area (Å²) in [5.41, 5.74) is 6.78. The number of carbonyl (C=O) groups is 1. The van der Waals surface area contributed by atoms with Crippen molar-refractivity contribution in [1.29, 1.82) is 0 Å². The van der Waals surface area contributed by atoms with Gasteiger partial charge in [-0.25, -0.2) is 4.79 Å². The summed E-state index contributed by atoms with van der Waals surface area (Å²) in [6.07, 6.45) is 0.987. The molecule has 70 valence electrons. The Hall–Kier alpha value is -0.870. The molecule has 1 aromatic heterocycles. The maximum absolute atomic E-state index is 11.3. The van der Waals surface area contributed by atoms with Crippen molar-refractivity contribution in [3.05, 3.63) is 21.9 Å². The molecule has 1 heterocycles. The van der Waals surface area contributed by atoms with Crippen LogP contribution in [0, 0.1) is 0 Å². The molecule has 0 radical (unpaired) electrons. The minimum absolute atomic E-state index is 0.234. The Kier molecular flexibility index (Phi) is 2.09. The molecule has 1 aliphatic rings. The average molecular weight is 197 g/mol. The summed E-state index contributed by atoms with van der Waals surface area (Å²) in [5.74, 6) is 0.129. The van der Waals surface area contributed by atoms with E-state index in [9.17, 15) is 4.79 Å². The van der Waals surface area contributed by atoms with Crippen LogP contribution in [0.5, 0.6) is 0 Å². The Balaban J connectivity index is 2.26. The van der Waals surface area contributed by atoms with Gasteiger partial charge in [0, 0.05) is 12.0 Å². The minimum Gasteiger partial charge on any atom is -0.465 e. The first-order chi connectivity index (χ1) is 6.24. The smallest absolute Gasteiger partial charge is 0.348 e. The van der Waals surface area contributed by atoms with Crippen LogP contribution >= 0.6 is 11.3 Å². The molecular formula is C9H11NO2S. The molecule has 1 fully saturated rings. The van der Waals surface area contributed by atoms with Gasteiger partial charge in [0.1, 0.15) is 4.88 Å². The predicted octanol–water partition coefficient (Wildman–Crippen LogP) is 1.35. The molecule has 2 N–H and O–H groups in total. The zero-order valence-electron chi connectivity index (χ0n) is 7.32. The molecule has 0 bridgehead atoms. The second kappa shape index (κ2) is 3.12. The Morgan fingerprint density at radius 3 is 3.00 bits per heavy atom. The standard InChI is InChI=1S/C9H11NO2S/c1-12-9(11)8-5(2-3-13-8)6-4-7(6)10/h2-3,6-7H,4,10H2,1H3. The van der Waals surface area contributed by atoms with Gasteiger partial charge in [-0.05, 0) is 23.4 Å². The van der Waals surface area contributed by atoms with Gasteiger partial charge in [-0.1, -0.05) is 0 Å². The van der Waals surface area contributed by atoms with Crippen molar-refractivity contribution in [2.75, 3.05) is 7.11 Å². The Morgan fingerprint density at radius 2 is 2.46 bits per heavy atom. The lowest BCUT2D eigenvalue weighted by Crippen LogP contribution is -2.05. The van der Waals surface area contributed by atoms with E-state index in [0.29, 0.717) is 10.8 Å². The van der Waals surface area contributed by atoms with E-state index < -0.39 is 0 Å². The number of rotatable bonds is 2. The summed E-state index contributed by atoms with van der Waals surface area (Å²) in [7, 11) is 1.40. The fraction of sp³-hybridized carbons (Fsp3) is 0.444. The third kappa shape index (κ3) is 1.47. The minimum atomic E-state index is -0.246. The molecule has 2 atom stereocenters. The summed E-state index contributed by atoms with van der Waals surface area (Å²) in [5, 5.41) is 1.91. The van der Waals surface area contributed by atoms with Gasteiger partial charge in [0.15, 0.2) is 0 Å². The molecule has 1 aromatic rings. The number of hydrogen-bond donors (Lipinski definition) is 1. The van der Waals surface area contributed by atoms with Crippen LogP contribution in [-0.2, 0) is 4.74 Å². The highest BCUT2D eigenvalue weighted by Gasteiger charge is 2.38.